The Morgan fingerprint density at radius 1 is 1.06 bits per heavy atom. The van der Waals surface area contributed by atoms with Crippen LogP contribution in [0.15, 0.2) is 66.7 Å². The number of nitrogens with zero attached hydrogens (tertiary/aromatic N) is 1. The number of hydrogen-bond acceptors (Lipinski definition) is 3. The van der Waals surface area contributed by atoms with Gasteiger partial charge >= 0.3 is 6.18 Å². The Hall–Kier alpha value is -3.61. The minimum absolute atomic E-state index is 0.0200. The Morgan fingerprint density at radius 2 is 1.82 bits per heavy atom. The molecular weight excluding hydrogens is 429 g/mol. The highest BCUT2D eigenvalue weighted by atomic mass is 19.4. The van der Waals surface area contributed by atoms with E-state index in [4.69, 9.17) is 9.72 Å². The van der Waals surface area contributed by atoms with Crippen LogP contribution in [0.2, 0.25) is 0 Å². The molecule has 4 nitrogen and oxygen atoms in total. The Labute approximate surface area is 188 Å². The van der Waals surface area contributed by atoms with Gasteiger partial charge < -0.3 is 9.72 Å². The summed E-state index contributed by atoms with van der Waals surface area (Å²) in [5.74, 6) is 1.61. The summed E-state index contributed by atoms with van der Waals surface area (Å²) in [7, 11) is 0. The number of H-pyrrole nitrogens is 1. The zero-order chi connectivity index (χ0) is 23.2. The maximum absolute atomic E-state index is 12.3. The third-order valence-corrected chi connectivity index (χ3v) is 5.97. The monoisotopic (exact) mass is 450 g/mol. The highest BCUT2D eigenvalue weighted by Crippen LogP contribution is 2.54. The topological polar surface area (TPSA) is 55.0 Å². The number of alkyl halides is 3. The van der Waals surface area contributed by atoms with Crippen molar-refractivity contribution in [1.29, 1.82) is 0 Å². The fourth-order valence-electron chi connectivity index (χ4n) is 4.26. The van der Waals surface area contributed by atoms with Crippen LogP contribution in [-0.2, 0) is 0 Å². The van der Waals surface area contributed by atoms with Crippen molar-refractivity contribution in [2.75, 3.05) is 6.61 Å². The van der Waals surface area contributed by atoms with Gasteiger partial charge in [0.1, 0.15) is 11.6 Å². The van der Waals surface area contributed by atoms with Crippen LogP contribution < -0.4 is 4.74 Å². The molecule has 2 atom stereocenters. The predicted molar refractivity (Wildman–Crippen MR) is 120 cm³/mol. The van der Waals surface area contributed by atoms with Crippen LogP contribution in [0.4, 0.5) is 13.2 Å². The van der Waals surface area contributed by atoms with Crippen molar-refractivity contribution in [2.24, 2.45) is 0 Å². The lowest BCUT2D eigenvalue weighted by atomic mass is 9.97. The van der Waals surface area contributed by atoms with E-state index in [1.165, 1.54) is 0 Å². The van der Waals surface area contributed by atoms with Crippen LogP contribution in [0.25, 0.3) is 22.2 Å². The Morgan fingerprint density at radius 3 is 2.55 bits per heavy atom. The molecule has 1 aliphatic rings. The molecule has 168 valence electrons. The van der Waals surface area contributed by atoms with Gasteiger partial charge in [-0.2, -0.15) is 13.2 Å². The third-order valence-electron chi connectivity index (χ3n) is 5.97. The third kappa shape index (κ3) is 4.49. The summed E-state index contributed by atoms with van der Waals surface area (Å²) in [4.78, 5) is 20.2. The number of ketones is 1. The second-order valence-corrected chi connectivity index (χ2v) is 8.38. The van der Waals surface area contributed by atoms with Gasteiger partial charge in [0.05, 0.1) is 11.0 Å². The Balaban J connectivity index is 1.33. The van der Waals surface area contributed by atoms with Crippen molar-refractivity contribution in [3.05, 3.63) is 83.7 Å². The highest BCUT2D eigenvalue weighted by Gasteiger charge is 2.41. The first-order chi connectivity index (χ1) is 15.8. The summed E-state index contributed by atoms with van der Waals surface area (Å²) in [5, 5.41) is 0. The van der Waals surface area contributed by atoms with Crippen molar-refractivity contribution in [3.8, 4) is 16.9 Å². The first-order valence-electron chi connectivity index (χ1n) is 10.7. The number of rotatable bonds is 6. The van der Waals surface area contributed by atoms with Gasteiger partial charge in [0, 0.05) is 11.5 Å². The van der Waals surface area contributed by atoms with Gasteiger partial charge in [0.25, 0.3) is 0 Å². The predicted octanol–water partition coefficient (Wildman–Crippen LogP) is 6.64. The van der Waals surface area contributed by atoms with Crippen molar-refractivity contribution in [1.82, 2.24) is 9.97 Å². The SMILES string of the molecule is CC(=O)c1ccccc1-c1ccc2nc(C3CC3c3ccc(OCC(F)(F)F)cc3)[nH]c2c1. The molecule has 3 aromatic carbocycles. The molecule has 1 aliphatic carbocycles. The zero-order valence-corrected chi connectivity index (χ0v) is 17.8. The van der Waals surface area contributed by atoms with Crippen molar-refractivity contribution >= 4 is 16.8 Å². The lowest BCUT2D eigenvalue weighted by Crippen LogP contribution is -2.19. The first-order valence-corrected chi connectivity index (χ1v) is 10.7. The molecule has 1 heterocycles. The van der Waals surface area contributed by atoms with Crippen molar-refractivity contribution in [3.63, 3.8) is 0 Å². The average molecular weight is 450 g/mol. The second-order valence-electron chi connectivity index (χ2n) is 8.38. The largest absolute Gasteiger partial charge is 0.484 e. The average Bonchev–Trinajstić information content (AvgIpc) is 3.48. The Kier molecular flexibility index (Phi) is 5.19. The smallest absolute Gasteiger partial charge is 0.422 e. The fraction of sp³-hybridized carbons (Fsp3) is 0.231. The van der Waals surface area contributed by atoms with Crippen molar-refractivity contribution < 1.29 is 22.7 Å². The van der Waals surface area contributed by atoms with Crippen LogP contribution in [0.1, 0.15) is 46.9 Å². The lowest BCUT2D eigenvalue weighted by Gasteiger charge is -2.09. The standard InChI is InChI=1S/C26H21F3N2O2/c1-15(32)19-4-2-3-5-20(19)17-8-11-23-24(12-17)31-25(30-23)22-13-21(22)16-6-9-18(10-7-16)33-14-26(27,28)29/h2-12,21-22H,13-14H2,1H3,(H,30,31). The number of carbonyl (C=O) groups is 1. The minimum atomic E-state index is -4.35. The number of Topliss-reactive ketones (excluding diaryl/α,β-unsaturated/α-hetero) is 1. The van der Waals surface area contributed by atoms with E-state index in [0.717, 1.165) is 40.0 Å². The van der Waals surface area contributed by atoms with Crippen molar-refractivity contribution in [2.45, 2.75) is 31.4 Å². The number of carbonyl (C=O) groups excluding carboxylic acids is 1. The van der Waals surface area contributed by atoms with E-state index in [9.17, 15) is 18.0 Å². The molecule has 2 unspecified atom stereocenters. The number of imidazole rings is 1. The number of aromatic amines is 1. The number of nitrogens with one attached hydrogen (secondary N) is 1. The van der Waals surface area contributed by atoms with E-state index in [0.29, 0.717) is 5.56 Å². The van der Waals surface area contributed by atoms with Crippen LogP contribution >= 0.6 is 0 Å². The van der Waals surface area contributed by atoms with E-state index in [2.05, 4.69) is 4.98 Å². The zero-order valence-electron chi connectivity index (χ0n) is 17.8. The molecule has 5 rings (SSSR count). The van der Waals surface area contributed by atoms with Gasteiger partial charge in [0.2, 0.25) is 0 Å². The van der Waals surface area contributed by atoms with E-state index in [1.54, 1.807) is 19.1 Å². The second kappa shape index (κ2) is 8.06. The van der Waals surface area contributed by atoms with Gasteiger partial charge in [-0.05, 0) is 60.2 Å². The molecule has 1 N–H and O–H groups in total. The van der Waals surface area contributed by atoms with Crippen LogP contribution in [0, 0.1) is 0 Å². The van der Waals surface area contributed by atoms with Crippen LogP contribution in [0.3, 0.4) is 0 Å². The molecule has 0 spiro atoms. The fourth-order valence-corrected chi connectivity index (χ4v) is 4.26. The van der Waals surface area contributed by atoms with Gasteiger partial charge in [0.15, 0.2) is 12.4 Å². The summed E-state index contributed by atoms with van der Waals surface area (Å²) in [6.45, 7) is 0.268. The molecule has 4 aromatic rings. The van der Waals surface area contributed by atoms with Crippen LogP contribution in [0.5, 0.6) is 5.75 Å². The maximum atomic E-state index is 12.3. The number of hydrogen-bond donors (Lipinski definition) is 1. The van der Waals surface area contributed by atoms with E-state index in [-0.39, 0.29) is 23.4 Å². The van der Waals surface area contributed by atoms with Gasteiger partial charge in [-0.1, -0.05) is 42.5 Å². The molecule has 0 saturated heterocycles. The molecule has 0 radical (unpaired) electrons. The summed E-state index contributed by atoms with van der Waals surface area (Å²) in [5.41, 5.74) is 5.33. The number of aromatic nitrogens is 2. The molecule has 0 bridgehead atoms. The molecule has 0 amide bonds. The summed E-state index contributed by atoms with van der Waals surface area (Å²) in [6, 6.07) is 20.3. The Bertz CT molecular complexity index is 1330. The normalized spacial score (nSPS) is 17.8. The molecule has 33 heavy (non-hydrogen) atoms. The lowest BCUT2D eigenvalue weighted by molar-refractivity contribution is -0.153. The van der Waals surface area contributed by atoms with Gasteiger partial charge in [-0.3, -0.25) is 4.79 Å². The number of benzene rings is 3. The molecule has 1 saturated carbocycles. The molecule has 1 aromatic heterocycles. The molecule has 0 aliphatic heterocycles. The number of ether oxygens (including phenoxy) is 1. The van der Waals surface area contributed by atoms with Gasteiger partial charge in [-0.15, -0.1) is 0 Å². The molecule has 1 fully saturated rings. The molecule has 7 heteroatoms. The first kappa shape index (κ1) is 21.2. The summed E-state index contributed by atoms with van der Waals surface area (Å²) >= 11 is 0. The number of halogens is 3. The highest BCUT2D eigenvalue weighted by molar-refractivity contribution is 6.01. The summed E-state index contributed by atoms with van der Waals surface area (Å²) in [6.07, 6.45) is -3.43. The van der Waals surface area contributed by atoms with E-state index >= 15 is 0 Å². The maximum Gasteiger partial charge on any atom is 0.422 e. The van der Waals surface area contributed by atoms with Gasteiger partial charge in [-0.25, -0.2) is 4.98 Å². The number of fused-ring (bicyclic) bond motifs is 1. The summed E-state index contributed by atoms with van der Waals surface area (Å²) < 4.78 is 41.7. The quantitative estimate of drug-likeness (QED) is 0.335. The van der Waals surface area contributed by atoms with E-state index in [1.807, 2.05) is 54.6 Å². The minimum Gasteiger partial charge on any atom is -0.484 e. The van der Waals surface area contributed by atoms with Crippen LogP contribution in [-0.4, -0.2) is 28.5 Å². The molecular formula is C26H21F3N2O2. The van der Waals surface area contributed by atoms with E-state index < -0.39 is 12.8 Å².